The summed E-state index contributed by atoms with van der Waals surface area (Å²) < 4.78 is 5.79. The smallest absolute Gasteiger partial charge is 0.246 e. The van der Waals surface area contributed by atoms with E-state index >= 15 is 0 Å². The average Bonchev–Trinajstić information content (AvgIpc) is 2.99. The lowest BCUT2D eigenvalue weighted by Crippen LogP contribution is -2.34. The third-order valence-electron chi connectivity index (χ3n) is 5.53. The minimum absolute atomic E-state index is 0.150. The molecule has 0 radical (unpaired) electrons. The number of para-hydroxylation sites is 1. The Labute approximate surface area is 179 Å². The van der Waals surface area contributed by atoms with Gasteiger partial charge in [-0.15, -0.1) is 0 Å². The summed E-state index contributed by atoms with van der Waals surface area (Å²) >= 11 is 0. The van der Waals surface area contributed by atoms with E-state index in [1.165, 1.54) is 6.08 Å². The summed E-state index contributed by atoms with van der Waals surface area (Å²) in [7, 11) is 1.74. The van der Waals surface area contributed by atoms with Crippen LogP contribution in [0.2, 0.25) is 0 Å². The number of likely N-dealkylation sites (N-methyl/N-ethyl adjacent to an activating group) is 1. The fourth-order valence-electron chi connectivity index (χ4n) is 3.69. The van der Waals surface area contributed by atoms with E-state index in [1.807, 2.05) is 25.1 Å². The molecule has 0 unspecified atom stereocenters. The molecular formula is C23H25N5O3. The van der Waals surface area contributed by atoms with Crippen molar-refractivity contribution in [3.05, 3.63) is 59.0 Å². The first-order chi connectivity index (χ1) is 14.8. The number of carbonyl (C=O) groups is 2. The molecule has 2 amide bonds. The number of amides is 2. The number of carbonyl (C=O) groups excluding carboxylic acids is 2. The van der Waals surface area contributed by atoms with Gasteiger partial charge in [0.25, 0.3) is 0 Å². The van der Waals surface area contributed by atoms with Crippen molar-refractivity contribution < 1.29 is 14.0 Å². The van der Waals surface area contributed by atoms with Gasteiger partial charge in [0.2, 0.25) is 11.8 Å². The van der Waals surface area contributed by atoms with Gasteiger partial charge in [-0.05, 0) is 49.1 Å². The van der Waals surface area contributed by atoms with Crippen molar-refractivity contribution in [2.75, 3.05) is 18.1 Å². The standard InChI is InChI=1S/C23H25N5O3/c1-13-17(16-4-3-5-18(24)21(16)31-13)12-28(2)20(29)9-6-14-10-15-7-8-19(25)23(30)27-22(15)26-11-14/h3-6,9-11,19H,7-8,12,24-25H2,1-2H3,(H,26,27,30)/b9-6+/t19-/m0/s1. The molecule has 2 aromatic heterocycles. The first-order valence-electron chi connectivity index (χ1n) is 10.1. The third-order valence-corrected chi connectivity index (χ3v) is 5.53. The van der Waals surface area contributed by atoms with Crippen LogP contribution >= 0.6 is 0 Å². The second-order valence-corrected chi connectivity index (χ2v) is 7.80. The molecule has 3 heterocycles. The summed E-state index contributed by atoms with van der Waals surface area (Å²) in [4.78, 5) is 30.5. The lowest BCUT2D eigenvalue weighted by atomic mass is 10.1. The van der Waals surface area contributed by atoms with Crippen LogP contribution in [0.25, 0.3) is 17.0 Å². The van der Waals surface area contributed by atoms with E-state index < -0.39 is 6.04 Å². The van der Waals surface area contributed by atoms with E-state index in [0.717, 1.165) is 27.8 Å². The lowest BCUT2D eigenvalue weighted by Gasteiger charge is -2.15. The van der Waals surface area contributed by atoms with E-state index in [2.05, 4.69) is 10.3 Å². The molecule has 1 aromatic carbocycles. The number of aryl methyl sites for hydroxylation is 2. The molecule has 3 aromatic rings. The molecule has 0 bridgehead atoms. The van der Waals surface area contributed by atoms with Crippen LogP contribution in [0, 0.1) is 6.92 Å². The SMILES string of the molecule is Cc1oc2c(N)cccc2c1CN(C)C(=O)/C=C/c1cnc2c(c1)CC[C@H](N)C(=O)N2. The number of nitrogens with one attached hydrogen (secondary N) is 1. The first kappa shape index (κ1) is 20.6. The van der Waals surface area contributed by atoms with Crippen LogP contribution < -0.4 is 16.8 Å². The number of benzene rings is 1. The molecule has 0 saturated heterocycles. The molecule has 0 fully saturated rings. The van der Waals surface area contributed by atoms with E-state index in [1.54, 1.807) is 30.3 Å². The van der Waals surface area contributed by atoms with E-state index in [-0.39, 0.29) is 11.8 Å². The molecule has 1 atom stereocenters. The molecular weight excluding hydrogens is 394 g/mol. The van der Waals surface area contributed by atoms with E-state index in [9.17, 15) is 9.59 Å². The van der Waals surface area contributed by atoms with Gasteiger partial charge in [0.15, 0.2) is 5.58 Å². The minimum Gasteiger partial charge on any atom is -0.459 e. The zero-order valence-corrected chi connectivity index (χ0v) is 17.5. The predicted octanol–water partition coefficient (Wildman–Crippen LogP) is 2.60. The highest BCUT2D eigenvalue weighted by molar-refractivity contribution is 5.96. The van der Waals surface area contributed by atoms with Gasteiger partial charge in [0.05, 0.1) is 11.7 Å². The summed E-state index contributed by atoms with van der Waals surface area (Å²) in [5.41, 5.74) is 15.7. The summed E-state index contributed by atoms with van der Waals surface area (Å²) in [5.74, 6) is 0.893. The number of furan rings is 1. The van der Waals surface area contributed by atoms with Crippen LogP contribution in [0.1, 0.15) is 28.9 Å². The van der Waals surface area contributed by atoms with Gasteiger partial charge in [-0.1, -0.05) is 12.1 Å². The Kier molecular flexibility index (Phi) is 5.48. The number of hydrogen-bond donors (Lipinski definition) is 3. The highest BCUT2D eigenvalue weighted by atomic mass is 16.3. The maximum absolute atomic E-state index is 12.7. The highest BCUT2D eigenvalue weighted by Crippen LogP contribution is 2.30. The number of nitrogens with zero attached hydrogens (tertiary/aromatic N) is 2. The van der Waals surface area contributed by atoms with Gasteiger partial charge in [-0.2, -0.15) is 0 Å². The van der Waals surface area contributed by atoms with Crippen molar-refractivity contribution in [2.24, 2.45) is 5.73 Å². The van der Waals surface area contributed by atoms with Crippen LogP contribution in [-0.2, 0) is 22.6 Å². The Balaban J connectivity index is 1.48. The zero-order valence-electron chi connectivity index (χ0n) is 17.5. The Hall–Kier alpha value is -3.65. The number of anilines is 2. The van der Waals surface area contributed by atoms with Crippen molar-refractivity contribution in [1.82, 2.24) is 9.88 Å². The van der Waals surface area contributed by atoms with Crippen molar-refractivity contribution in [3.63, 3.8) is 0 Å². The van der Waals surface area contributed by atoms with Crippen LogP contribution in [0.15, 0.2) is 41.0 Å². The molecule has 4 rings (SSSR count). The fourth-order valence-corrected chi connectivity index (χ4v) is 3.69. The molecule has 0 aliphatic carbocycles. The summed E-state index contributed by atoms with van der Waals surface area (Å²) in [6.07, 6.45) is 6.05. The molecule has 1 aliphatic heterocycles. The largest absolute Gasteiger partial charge is 0.459 e. The number of pyridine rings is 1. The van der Waals surface area contributed by atoms with Gasteiger partial charge >= 0.3 is 0 Å². The third kappa shape index (κ3) is 4.15. The molecule has 8 heteroatoms. The number of rotatable bonds is 4. The van der Waals surface area contributed by atoms with Gasteiger partial charge < -0.3 is 26.1 Å². The average molecular weight is 419 g/mol. The van der Waals surface area contributed by atoms with Gasteiger partial charge in [0.1, 0.15) is 11.6 Å². The van der Waals surface area contributed by atoms with Crippen molar-refractivity contribution in [1.29, 1.82) is 0 Å². The molecule has 1 aliphatic rings. The summed E-state index contributed by atoms with van der Waals surface area (Å²) in [6.45, 7) is 2.27. The number of nitrogen functional groups attached to an aromatic ring is 1. The monoisotopic (exact) mass is 419 g/mol. The quantitative estimate of drug-likeness (QED) is 0.441. The topological polar surface area (TPSA) is 127 Å². The number of hydrogen-bond acceptors (Lipinski definition) is 6. The van der Waals surface area contributed by atoms with Crippen molar-refractivity contribution in [3.8, 4) is 0 Å². The predicted molar refractivity (Wildman–Crippen MR) is 120 cm³/mol. The first-order valence-corrected chi connectivity index (χ1v) is 10.1. The molecule has 0 saturated carbocycles. The molecule has 5 N–H and O–H groups in total. The summed E-state index contributed by atoms with van der Waals surface area (Å²) in [6, 6.07) is 6.98. The Morgan fingerprint density at radius 1 is 1.42 bits per heavy atom. The Bertz CT molecular complexity index is 1200. The van der Waals surface area contributed by atoms with Gasteiger partial charge in [-0.3, -0.25) is 9.59 Å². The normalized spacial score (nSPS) is 16.2. The maximum atomic E-state index is 12.7. The number of fused-ring (bicyclic) bond motifs is 2. The van der Waals surface area contributed by atoms with Crippen molar-refractivity contribution >= 4 is 40.4 Å². The molecule has 0 spiro atoms. The number of nitrogens with two attached hydrogens (primary N) is 2. The van der Waals surface area contributed by atoms with Gasteiger partial charge in [-0.25, -0.2) is 4.98 Å². The number of aromatic nitrogens is 1. The second-order valence-electron chi connectivity index (χ2n) is 7.80. The Morgan fingerprint density at radius 2 is 2.23 bits per heavy atom. The van der Waals surface area contributed by atoms with E-state index in [4.69, 9.17) is 15.9 Å². The van der Waals surface area contributed by atoms with Crippen LogP contribution in [0.3, 0.4) is 0 Å². The minimum atomic E-state index is -0.541. The van der Waals surface area contributed by atoms with Crippen LogP contribution in [0.4, 0.5) is 11.5 Å². The molecule has 31 heavy (non-hydrogen) atoms. The zero-order chi connectivity index (χ0) is 22.1. The second kappa shape index (κ2) is 8.23. The summed E-state index contributed by atoms with van der Waals surface area (Å²) in [5, 5.41) is 3.65. The van der Waals surface area contributed by atoms with Crippen LogP contribution in [-0.4, -0.2) is 34.8 Å². The lowest BCUT2D eigenvalue weighted by molar-refractivity contribution is -0.125. The highest BCUT2D eigenvalue weighted by Gasteiger charge is 2.21. The Morgan fingerprint density at radius 3 is 3.03 bits per heavy atom. The fraction of sp³-hybridized carbons (Fsp3) is 0.261. The van der Waals surface area contributed by atoms with Crippen LogP contribution in [0.5, 0.6) is 0 Å². The molecule has 160 valence electrons. The molecule has 8 nitrogen and oxygen atoms in total. The van der Waals surface area contributed by atoms with E-state index in [0.29, 0.717) is 36.5 Å². The maximum Gasteiger partial charge on any atom is 0.246 e. The van der Waals surface area contributed by atoms with Crippen molar-refractivity contribution in [2.45, 2.75) is 32.4 Å². The van der Waals surface area contributed by atoms with Gasteiger partial charge in [0, 0.05) is 36.8 Å².